The molecule has 2 atom stereocenters. The van der Waals surface area contributed by atoms with Gasteiger partial charge in [0, 0.05) is 30.5 Å². The summed E-state index contributed by atoms with van der Waals surface area (Å²) in [7, 11) is 0. The molecule has 20 heavy (non-hydrogen) atoms. The van der Waals surface area contributed by atoms with E-state index in [0.29, 0.717) is 18.3 Å². The van der Waals surface area contributed by atoms with E-state index in [0.717, 1.165) is 30.8 Å². The summed E-state index contributed by atoms with van der Waals surface area (Å²) in [6.07, 6.45) is 11.3. The summed E-state index contributed by atoms with van der Waals surface area (Å²) in [6.45, 7) is 2.90. The highest BCUT2D eigenvalue weighted by Crippen LogP contribution is 2.38. The molecule has 3 nitrogen and oxygen atoms in total. The summed E-state index contributed by atoms with van der Waals surface area (Å²) in [5, 5.41) is 0. The SMILES string of the molecule is Cc1[nH]c2c(c1C1C=CC=CC1CNS)CCCC2=O. The number of allylic oxidation sites excluding steroid dienone is 3. The number of aryl methyl sites for hydroxylation is 1. The molecular formula is C16H20N2OS. The number of aromatic nitrogens is 1. The van der Waals surface area contributed by atoms with Crippen molar-refractivity contribution >= 4 is 18.6 Å². The molecule has 2 aliphatic rings. The predicted octanol–water partition coefficient (Wildman–Crippen LogP) is 3.10. The second-order valence-electron chi connectivity index (χ2n) is 5.62. The lowest BCUT2D eigenvalue weighted by molar-refractivity contribution is 0.0968. The van der Waals surface area contributed by atoms with Crippen molar-refractivity contribution in [2.24, 2.45) is 5.92 Å². The molecule has 0 radical (unpaired) electrons. The van der Waals surface area contributed by atoms with Crippen LogP contribution in [0.2, 0.25) is 0 Å². The van der Waals surface area contributed by atoms with Crippen molar-refractivity contribution < 1.29 is 4.79 Å². The van der Waals surface area contributed by atoms with Gasteiger partial charge in [-0.05, 0) is 30.9 Å². The van der Waals surface area contributed by atoms with Gasteiger partial charge in [-0.3, -0.25) is 9.52 Å². The number of ketones is 1. The molecule has 106 valence electrons. The van der Waals surface area contributed by atoms with Crippen LogP contribution in [0.5, 0.6) is 0 Å². The molecule has 4 heteroatoms. The monoisotopic (exact) mass is 288 g/mol. The molecule has 1 aromatic heterocycles. The molecule has 1 heterocycles. The Morgan fingerprint density at radius 3 is 2.95 bits per heavy atom. The maximum atomic E-state index is 12.1. The first-order valence-electron chi connectivity index (χ1n) is 7.19. The molecule has 2 aliphatic carbocycles. The predicted molar refractivity (Wildman–Crippen MR) is 84.3 cm³/mol. The summed E-state index contributed by atoms with van der Waals surface area (Å²) in [4.78, 5) is 15.4. The smallest absolute Gasteiger partial charge is 0.179 e. The Labute approximate surface area is 125 Å². The third-order valence-electron chi connectivity index (χ3n) is 4.36. The highest BCUT2D eigenvalue weighted by molar-refractivity contribution is 7.78. The van der Waals surface area contributed by atoms with Gasteiger partial charge in [0.25, 0.3) is 0 Å². The van der Waals surface area contributed by atoms with Crippen molar-refractivity contribution in [1.82, 2.24) is 9.71 Å². The van der Waals surface area contributed by atoms with Crippen molar-refractivity contribution in [3.8, 4) is 0 Å². The van der Waals surface area contributed by atoms with Crippen LogP contribution in [0.4, 0.5) is 0 Å². The highest BCUT2D eigenvalue weighted by Gasteiger charge is 2.30. The van der Waals surface area contributed by atoms with Gasteiger partial charge in [-0.25, -0.2) is 0 Å². The quantitative estimate of drug-likeness (QED) is 0.748. The minimum atomic E-state index is 0.264. The fraction of sp³-hybridized carbons (Fsp3) is 0.438. The molecule has 0 aliphatic heterocycles. The lowest BCUT2D eigenvalue weighted by Crippen LogP contribution is -2.22. The summed E-state index contributed by atoms with van der Waals surface area (Å²) < 4.78 is 2.97. The number of hydrogen-bond donors (Lipinski definition) is 3. The average Bonchev–Trinajstić information content (AvgIpc) is 2.78. The maximum absolute atomic E-state index is 12.1. The normalized spacial score (nSPS) is 25.0. The Kier molecular flexibility index (Phi) is 3.85. The van der Waals surface area contributed by atoms with Crippen LogP contribution in [0.15, 0.2) is 24.3 Å². The number of aromatic amines is 1. The number of carbonyl (C=O) groups is 1. The third kappa shape index (κ3) is 2.27. The van der Waals surface area contributed by atoms with Crippen LogP contribution in [0, 0.1) is 12.8 Å². The Balaban J connectivity index is 2.03. The number of hydrogen-bond acceptors (Lipinski definition) is 3. The molecule has 2 N–H and O–H groups in total. The molecule has 0 saturated carbocycles. The van der Waals surface area contributed by atoms with Gasteiger partial charge in [0.05, 0.1) is 5.69 Å². The average molecular weight is 288 g/mol. The van der Waals surface area contributed by atoms with E-state index in [4.69, 9.17) is 0 Å². The summed E-state index contributed by atoms with van der Waals surface area (Å²) in [5.41, 5.74) is 4.55. The number of rotatable bonds is 3. The molecule has 0 fully saturated rings. The number of fused-ring (bicyclic) bond motifs is 1. The molecule has 0 bridgehead atoms. The zero-order valence-corrected chi connectivity index (χ0v) is 12.5. The Morgan fingerprint density at radius 2 is 2.15 bits per heavy atom. The van der Waals surface area contributed by atoms with Crippen LogP contribution in [0.25, 0.3) is 0 Å². The first kappa shape index (κ1) is 13.7. The standard InChI is InChI=1S/C16H20N2OS/c1-10-15(12-6-3-2-5-11(12)9-17-20)13-7-4-8-14(19)16(13)18-10/h2-3,5-6,11-12,17-18,20H,4,7-9H2,1H3. The largest absolute Gasteiger partial charge is 0.356 e. The number of carbonyl (C=O) groups excluding carboxylic acids is 1. The van der Waals surface area contributed by atoms with E-state index in [9.17, 15) is 4.79 Å². The van der Waals surface area contributed by atoms with Crippen molar-refractivity contribution in [3.05, 3.63) is 46.8 Å². The van der Waals surface area contributed by atoms with Crippen molar-refractivity contribution in [1.29, 1.82) is 0 Å². The fourth-order valence-electron chi connectivity index (χ4n) is 3.45. The second kappa shape index (κ2) is 5.62. The van der Waals surface area contributed by atoms with E-state index >= 15 is 0 Å². The molecule has 0 aromatic carbocycles. The highest BCUT2D eigenvalue weighted by atomic mass is 32.1. The van der Waals surface area contributed by atoms with Crippen LogP contribution >= 0.6 is 12.8 Å². The van der Waals surface area contributed by atoms with Crippen molar-refractivity contribution in [2.45, 2.75) is 32.1 Å². The molecular weight excluding hydrogens is 268 g/mol. The lowest BCUT2D eigenvalue weighted by Gasteiger charge is -2.26. The van der Waals surface area contributed by atoms with Crippen LogP contribution in [0.1, 0.15) is 46.1 Å². The fourth-order valence-corrected chi connectivity index (χ4v) is 3.67. The van der Waals surface area contributed by atoms with Crippen LogP contribution in [-0.2, 0) is 6.42 Å². The Morgan fingerprint density at radius 1 is 1.35 bits per heavy atom. The summed E-state index contributed by atoms with van der Waals surface area (Å²) in [6, 6.07) is 0. The van der Waals surface area contributed by atoms with Gasteiger partial charge in [0.15, 0.2) is 5.78 Å². The van der Waals surface area contributed by atoms with Gasteiger partial charge >= 0.3 is 0 Å². The minimum absolute atomic E-state index is 0.264. The van der Waals surface area contributed by atoms with Crippen LogP contribution in [-0.4, -0.2) is 17.3 Å². The topological polar surface area (TPSA) is 44.9 Å². The van der Waals surface area contributed by atoms with Crippen LogP contribution < -0.4 is 4.72 Å². The minimum Gasteiger partial charge on any atom is -0.356 e. The van der Waals surface area contributed by atoms with E-state index in [-0.39, 0.29) is 5.78 Å². The van der Waals surface area contributed by atoms with E-state index in [2.05, 4.69) is 53.7 Å². The van der Waals surface area contributed by atoms with E-state index < -0.39 is 0 Å². The summed E-state index contributed by atoms with van der Waals surface area (Å²) in [5.74, 6) is 0.971. The van der Waals surface area contributed by atoms with E-state index in [1.165, 1.54) is 11.1 Å². The zero-order chi connectivity index (χ0) is 14.1. The first-order chi connectivity index (χ1) is 9.72. The van der Waals surface area contributed by atoms with Gasteiger partial charge in [0.1, 0.15) is 0 Å². The lowest BCUT2D eigenvalue weighted by atomic mass is 9.79. The summed E-state index contributed by atoms with van der Waals surface area (Å²) >= 11 is 4.14. The molecule has 1 aromatic rings. The number of Topliss-reactive ketones (excluding diaryl/α,β-unsaturated/α-hetero) is 1. The second-order valence-corrected chi connectivity index (χ2v) is 5.93. The van der Waals surface area contributed by atoms with Gasteiger partial charge in [-0.1, -0.05) is 37.1 Å². The van der Waals surface area contributed by atoms with Gasteiger partial charge in [-0.2, -0.15) is 0 Å². The van der Waals surface area contributed by atoms with E-state index in [1.54, 1.807) is 0 Å². The molecule has 0 spiro atoms. The van der Waals surface area contributed by atoms with Crippen molar-refractivity contribution in [3.63, 3.8) is 0 Å². The zero-order valence-electron chi connectivity index (χ0n) is 11.6. The third-order valence-corrected chi connectivity index (χ3v) is 4.54. The van der Waals surface area contributed by atoms with Gasteiger partial charge in [0.2, 0.25) is 0 Å². The number of thiol groups is 1. The van der Waals surface area contributed by atoms with Crippen LogP contribution in [0.3, 0.4) is 0 Å². The van der Waals surface area contributed by atoms with Gasteiger partial charge < -0.3 is 4.98 Å². The molecule has 0 saturated heterocycles. The molecule has 2 unspecified atom stereocenters. The molecule has 0 amide bonds. The number of nitrogens with one attached hydrogen (secondary N) is 2. The maximum Gasteiger partial charge on any atom is 0.179 e. The Bertz CT molecular complexity index is 586. The number of H-pyrrole nitrogens is 1. The first-order valence-corrected chi connectivity index (χ1v) is 7.63. The van der Waals surface area contributed by atoms with E-state index in [1.807, 2.05) is 0 Å². The Hall–Kier alpha value is -1.26. The van der Waals surface area contributed by atoms with Crippen molar-refractivity contribution in [2.75, 3.05) is 6.54 Å². The van der Waals surface area contributed by atoms with Gasteiger partial charge in [-0.15, -0.1) is 0 Å². The molecule has 3 rings (SSSR count).